The van der Waals surface area contributed by atoms with E-state index in [1.54, 1.807) is 0 Å². The summed E-state index contributed by atoms with van der Waals surface area (Å²) >= 11 is 0. The number of hydrogen-bond acceptors (Lipinski definition) is 2. The molecule has 0 bridgehead atoms. The zero-order valence-corrected chi connectivity index (χ0v) is 9.58. The van der Waals surface area contributed by atoms with Crippen molar-refractivity contribution in [3.8, 4) is 0 Å². The van der Waals surface area contributed by atoms with Crippen LogP contribution in [-0.2, 0) is 11.8 Å². The predicted octanol–water partition coefficient (Wildman–Crippen LogP) is 1.74. The topological polar surface area (TPSA) is 46.2 Å². The summed E-state index contributed by atoms with van der Waals surface area (Å²) in [6.07, 6.45) is 5.16. The molecule has 2 nitrogen and oxygen atoms in total. The Kier molecular flexibility index (Phi) is 2.13. The second kappa shape index (κ2) is 3.31. The molecule has 2 fully saturated rings. The standard InChI is InChI=1S/C14H19NO/c15-10-13(4-5-13)12-3-1-2-11(8-12)9-14(16)6-7-14/h1-3,8,16H,4-7,9-10,15H2. The van der Waals surface area contributed by atoms with Gasteiger partial charge in [0.1, 0.15) is 0 Å². The molecular formula is C14H19NO. The maximum absolute atomic E-state index is 9.92. The van der Waals surface area contributed by atoms with Gasteiger partial charge in [-0.25, -0.2) is 0 Å². The van der Waals surface area contributed by atoms with Gasteiger partial charge in [-0.2, -0.15) is 0 Å². The summed E-state index contributed by atoms with van der Waals surface area (Å²) in [6, 6.07) is 8.65. The molecule has 0 saturated heterocycles. The van der Waals surface area contributed by atoms with Gasteiger partial charge in [0.2, 0.25) is 0 Å². The highest BCUT2D eigenvalue weighted by Gasteiger charge is 2.43. The molecule has 0 unspecified atom stereocenters. The second-order valence-corrected chi connectivity index (χ2v) is 5.59. The van der Waals surface area contributed by atoms with Crippen LogP contribution >= 0.6 is 0 Å². The van der Waals surface area contributed by atoms with Crippen LogP contribution in [0.4, 0.5) is 0 Å². The van der Waals surface area contributed by atoms with Gasteiger partial charge >= 0.3 is 0 Å². The van der Waals surface area contributed by atoms with Gasteiger partial charge in [0, 0.05) is 18.4 Å². The van der Waals surface area contributed by atoms with Crippen LogP contribution in [-0.4, -0.2) is 17.3 Å². The van der Waals surface area contributed by atoms with Crippen molar-refractivity contribution in [2.75, 3.05) is 6.54 Å². The number of benzene rings is 1. The van der Waals surface area contributed by atoms with E-state index in [-0.39, 0.29) is 5.41 Å². The van der Waals surface area contributed by atoms with E-state index >= 15 is 0 Å². The maximum Gasteiger partial charge on any atom is 0.0690 e. The van der Waals surface area contributed by atoms with E-state index in [1.165, 1.54) is 24.0 Å². The van der Waals surface area contributed by atoms with Crippen LogP contribution in [0.1, 0.15) is 36.8 Å². The van der Waals surface area contributed by atoms with Gasteiger partial charge in [0.05, 0.1) is 5.60 Å². The van der Waals surface area contributed by atoms with Crippen LogP contribution in [0.2, 0.25) is 0 Å². The molecule has 3 rings (SSSR count). The molecule has 0 aromatic heterocycles. The molecule has 2 aliphatic carbocycles. The minimum atomic E-state index is -0.391. The zero-order valence-electron chi connectivity index (χ0n) is 9.58. The van der Waals surface area contributed by atoms with Crippen LogP contribution in [0.3, 0.4) is 0 Å². The van der Waals surface area contributed by atoms with E-state index < -0.39 is 5.60 Å². The molecule has 0 aliphatic heterocycles. The van der Waals surface area contributed by atoms with Crippen LogP contribution in [0, 0.1) is 0 Å². The van der Waals surface area contributed by atoms with Crippen molar-refractivity contribution in [3.05, 3.63) is 35.4 Å². The first-order valence-electron chi connectivity index (χ1n) is 6.18. The first-order valence-corrected chi connectivity index (χ1v) is 6.18. The Morgan fingerprint density at radius 3 is 2.50 bits per heavy atom. The average Bonchev–Trinajstić information content (AvgIpc) is 3.17. The van der Waals surface area contributed by atoms with Gasteiger partial charge in [-0.15, -0.1) is 0 Å². The minimum Gasteiger partial charge on any atom is -0.390 e. The summed E-state index contributed by atoms with van der Waals surface area (Å²) in [6.45, 7) is 0.751. The Morgan fingerprint density at radius 1 is 1.19 bits per heavy atom. The smallest absolute Gasteiger partial charge is 0.0690 e. The number of aliphatic hydroxyl groups is 1. The molecular weight excluding hydrogens is 198 g/mol. The quantitative estimate of drug-likeness (QED) is 0.807. The average molecular weight is 217 g/mol. The normalized spacial score (nSPS) is 24.1. The first-order chi connectivity index (χ1) is 7.66. The van der Waals surface area contributed by atoms with Crippen molar-refractivity contribution >= 4 is 0 Å². The third-order valence-corrected chi connectivity index (χ3v) is 4.14. The molecule has 0 amide bonds. The zero-order chi connectivity index (χ0) is 11.2. The molecule has 1 aromatic carbocycles. The van der Waals surface area contributed by atoms with Gasteiger partial charge in [-0.3, -0.25) is 0 Å². The summed E-state index contributed by atoms with van der Waals surface area (Å²) in [4.78, 5) is 0. The van der Waals surface area contributed by atoms with E-state index in [9.17, 15) is 5.11 Å². The Bertz CT molecular complexity index is 405. The molecule has 0 heterocycles. The molecule has 2 saturated carbocycles. The number of hydrogen-bond donors (Lipinski definition) is 2. The fourth-order valence-electron chi connectivity index (χ4n) is 2.47. The monoisotopic (exact) mass is 217 g/mol. The Labute approximate surface area is 96.5 Å². The Balaban J connectivity index is 1.82. The van der Waals surface area contributed by atoms with Crippen LogP contribution in [0.15, 0.2) is 24.3 Å². The Hall–Kier alpha value is -0.860. The van der Waals surface area contributed by atoms with Gasteiger partial charge < -0.3 is 10.8 Å². The largest absolute Gasteiger partial charge is 0.390 e. The fourth-order valence-corrected chi connectivity index (χ4v) is 2.47. The lowest BCUT2D eigenvalue weighted by molar-refractivity contribution is 0.151. The van der Waals surface area contributed by atoms with Gasteiger partial charge in [-0.1, -0.05) is 24.3 Å². The summed E-state index contributed by atoms with van der Waals surface area (Å²) in [7, 11) is 0. The van der Waals surface area contributed by atoms with Gasteiger partial charge in [0.15, 0.2) is 0 Å². The summed E-state index contributed by atoms with van der Waals surface area (Å²) in [5.41, 5.74) is 8.35. The van der Waals surface area contributed by atoms with Crippen molar-refractivity contribution in [2.45, 2.75) is 43.1 Å². The van der Waals surface area contributed by atoms with Crippen molar-refractivity contribution in [2.24, 2.45) is 5.73 Å². The van der Waals surface area contributed by atoms with Crippen LogP contribution in [0.5, 0.6) is 0 Å². The van der Waals surface area contributed by atoms with Crippen LogP contribution < -0.4 is 5.73 Å². The highest BCUT2D eigenvalue weighted by atomic mass is 16.3. The van der Waals surface area contributed by atoms with Gasteiger partial charge in [-0.05, 0) is 36.8 Å². The number of nitrogens with two attached hydrogens (primary N) is 1. The van der Waals surface area contributed by atoms with Crippen molar-refractivity contribution in [1.82, 2.24) is 0 Å². The van der Waals surface area contributed by atoms with E-state index in [0.717, 1.165) is 25.8 Å². The third-order valence-electron chi connectivity index (χ3n) is 4.14. The first kappa shape index (κ1) is 10.3. The molecule has 2 aliphatic rings. The van der Waals surface area contributed by atoms with Crippen molar-refractivity contribution in [1.29, 1.82) is 0 Å². The molecule has 0 radical (unpaired) electrons. The molecule has 1 aromatic rings. The third kappa shape index (κ3) is 1.76. The molecule has 86 valence electrons. The van der Waals surface area contributed by atoms with Crippen LogP contribution in [0.25, 0.3) is 0 Å². The number of rotatable bonds is 4. The maximum atomic E-state index is 9.92. The van der Waals surface area contributed by atoms with Crippen molar-refractivity contribution < 1.29 is 5.11 Å². The lowest BCUT2D eigenvalue weighted by Crippen LogP contribution is -2.20. The van der Waals surface area contributed by atoms with E-state index in [0.29, 0.717) is 0 Å². The van der Waals surface area contributed by atoms with E-state index in [2.05, 4.69) is 24.3 Å². The molecule has 3 N–H and O–H groups in total. The van der Waals surface area contributed by atoms with Crippen molar-refractivity contribution in [3.63, 3.8) is 0 Å². The predicted molar refractivity (Wildman–Crippen MR) is 64.3 cm³/mol. The summed E-state index contributed by atoms with van der Waals surface area (Å²) in [5, 5.41) is 9.92. The summed E-state index contributed by atoms with van der Waals surface area (Å²) in [5.74, 6) is 0. The molecule has 2 heteroatoms. The highest BCUT2D eigenvalue weighted by molar-refractivity contribution is 5.36. The lowest BCUT2D eigenvalue weighted by Gasteiger charge is -2.15. The van der Waals surface area contributed by atoms with E-state index in [4.69, 9.17) is 5.73 Å². The van der Waals surface area contributed by atoms with Gasteiger partial charge in [0.25, 0.3) is 0 Å². The lowest BCUT2D eigenvalue weighted by atomic mass is 9.93. The highest BCUT2D eigenvalue weighted by Crippen LogP contribution is 2.47. The second-order valence-electron chi connectivity index (χ2n) is 5.59. The molecule has 0 spiro atoms. The summed E-state index contributed by atoms with van der Waals surface area (Å²) < 4.78 is 0. The Morgan fingerprint density at radius 2 is 1.94 bits per heavy atom. The minimum absolute atomic E-state index is 0.266. The SMILES string of the molecule is NCC1(c2cccc(CC3(O)CC3)c2)CC1. The van der Waals surface area contributed by atoms with E-state index in [1.807, 2.05) is 0 Å². The molecule has 16 heavy (non-hydrogen) atoms. The fraction of sp³-hybridized carbons (Fsp3) is 0.571. The molecule has 0 atom stereocenters.